The van der Waals surface area contributed by atoms with Gasteiger partial charge in [0.15, 0.2) is 11.4 Å². The van der Waals surface area contributed by atoms with Crippen LogP contribution < -0.4 is 39.8 Å². The quantitative estimate of drug-likeness (QED) is 0.0602. The fraction of sp³-hybridized carbons (Fsp3) is 0.370. The number of ether oxygens (including phenoxy) is 4. The van der Waals surface area contributed by atoms with Crippen molar-refractivity contribution in [3.8, 4) is 29.2 Å². The lowest BCUT2D eigenvalue weighted by Crippen LogP contribution is -2.25. The molecular weight excluding hydrogens is 775 g/mol. The monoisotopic (exact) mass is 831 g/mol. The van der Waals surface area contributed by atoms with E-state index in [1.54, 1.807) is 31.4 Å². The van der Waals surface area contributed by atoms with E-state index < -0.39 is 5.91 Å². The van der Waals surface area contributed by atoms with Gasteiger partial charge in [-0.3, -0.25) is 4.79 Å². The molecule has 0 radical (unpaired) electrons. The Morgan fingerprint density at radius 2 is 1.52 bits per heavy atom. The summed E-state index contributed by atoms with van der Waals surface area (Å²) < 4.78 is 28.3. The highest BCUT2D eigenvalue weighted by Gasteiger charge is 2.31. The van der Waals surface area contributed by atoms with Gasteiger partial charge in [-0.25, -0.2) is 4.98 Å². The number of aromatic nitrogens is 4. The van der Waals surface area contributed by atoms with E-state index in [0.717, 1.165) is 67.2 Å². The van der Waals surface area contributed by atoms with E-state index in [1.165, 1.54) is 25.3 Å². The van der Waals surface area contributed by atoms with Crippen molar-refractivity contribution in [3.63, 3.8) is 0 Å². The molecule has 0 atom stereocenters. The summed E-state index contributed by atoms with van der Waals surface area (Å²) in [5.74, 6) is 2.99. The van der Waals surface area contributed by atoms with Crippen molar-refractivity contribution >= 4 is 47.1 Å². The molecule has 1 aliphatic carbocycles. The molecule has 1 amide bonds. The van der Waals surface area contributed by atoms with Gasteiger partial charge in [-0.15, -0.1) is 0 Å². The molecule has 0 saturated carbocycles. The third-order valence-electron chi connectivity index (χ3n) is 10.8. The molecule has 322 valence electrons. The zero-order chi connectivity index (χ0) is 43.7. The van der Waals surface area contributed by atoms with Gasteiger partial charge in [-0.05, 0) is 117 Å². The Hall–Kier alpha value is -6.61. The number of furan rings is 1. The number of hydrogen-bond acceptors (Lipinski definition) is 14. The van der Waals surface area contributed by atoms with Crippen LogP contribution in [0.2, 0.25) is 0 Å². The number of methoxy groups -OCH3 is 3. The van der Waals surface area contributed by atoms with E-state index >= 15 is 0 Å². The fourth-order valence-electron chi connectivity index (χ4n) is 7.26. The number of hydrogen-bond donors (Lipinski definition) is 3. The number of rotatable bonds is 21. The standard InChI is InChI=1S/C46H57N9O6/c1-11-33-35(12-2)49-44(51-40(33)55(7)31-15-17-32(57-8)18-16-31)47-23-13-25-54(6)26-14-24-48-45-52-42(58-9)39(43(53-45)59-10)50-41(56)36-19-20-38(60-36)61-37-28-34-30(27-29(37)3)21-22-46(34,4)5/h11-12,15-20,27-28H,1-2,13-14,21-26H2,3-10H3,(H,50,56)(H,47,49,51)(H,48,52,53). The van der Waals surface area contributed by atoms with Crippen LogP contribution in [0.1, 0.15) is 71.6 Å². The minimum absolute atomic E-state index is 0.0421. The minimum Gasteiger partial charge on any atom is -0.497 e. The summed E-state index contributed by atoms with van der Waals surface area (Å²) in [5, 5.41) is 9.40. The summed E-state index contributed by atoms with van der Waals surface area (Å²) in [6, 6.07) is 15.2. The van der Waals surface area contributed by atoms with Gasteiger partial charge >= 0.3 is 0 Å². The number of carbonyl (C=O) groups excluding carboxylic acids is 1. The molecule has 0 unspecified atom stereocenters. The Balaban J connectivity index is 0.975. The first kappa shape index (κ1) is 44.0. The Bertz CT molecular complexity index is 2320. The average molecular weight is 832 g/mol. The summed E-state index contributed by atoms with van der Waals surface area (Å²) in [6.07, 6.45) is 7.30. The van der Waals surface area contributed by atoms with Gasteiger partial charge in [0.2, 0.25) is 23.7 Å². The van der Waals surface area contributed by atoms with Gasteiger partial charge in [-0.2, -0.15) is 15.0 Å². The van der Waals surface area contributed by atoms with E-state index in [-0.39, 0.29) is 34.6 Å². The van der Waals surface area contributed by atoms with Crippen LogP contribution >= 0.6 is 0 Å². The molecule has 15 nitrogen and oxygen atoms in total. The second-order valence-corrected chi connectivity index (χ2v) is 15.5. The predicted octanol–water partition coefficient (Wildman–Crippen LogP) is 8.75. The molecule has 1 aliphatic rings. The maximum Gasteiger partial charge on any atom is 0.291 e. The molecule has 0 fully saturated rings. The highest BCUT2D eigenvalue weighted by atomic mass is 16.6. The molecule has 6 rings (SSSR count). The van der Waals surface area contributed by atoms with E-state index in [9.17, 15) is 4.79 Å². The van der Waals surface area contributed by atoms with Crippen molar-refractivity contribution in [2.75, 3.05) is 82.5 Å². The van der Waals surface area contributed by atoms with Crippen LogP contribution in [0.5, 0.6) is 29.2 Å². The predicted molar refractivity (Wildman–Crippen MR) is 241 cm³/mol. The van der Waals surface area contributed by atoms with Crippen LogP contribution in [-0.4, -0.2) is 92.3 Å². The van der Waals surface area contributed by atoms with Gasteiger partial charge in [0.1, 0.15) is 17.3 Å². The molecule has 61 heavy (non-hydrogen) atoms. The molecule has 5 aromatic rings. The smallest absolute Gasteiger partial charge is 0.291 e. The molecule has 0 bridgehead atoms. The number of aryl methyl sites for hydroxylation is 2. The molecule has 3 heterocycles. The molecule has 3 aromatic heterocycles. The summed E-state index contributed by atoms with van der Waals surface area (Å²) >= 11 is 0. The minimum atomic E-state index is -0.539. The number of fused-ring (bicyclic) bond motifs is 1. The first-order chi connectivity index (χ1) is 29.4. The first-order valence-corrected chi connectivity index (χ1v) is 20.3. The lowest BCUT2D eigenvalue weighted by Gasteiger charge is -2.22. The zero-order valence-electron chi connectivity index (χ0n) is 36.5. The first-order valence-electron chi connectivity index (χ1n) is 20.3. The number of amides is 1. The van der Waals surface area contributed by atoms with E-state index in [2.05, 4.69) is 82.0 Å². The van der Waals surface area contributed by atoms with Crippen molar-refractivity contribution in [2.24, 2.45) is 0 Å². The normalized spacial score (nSPS) is 12.7. The number of benzene rings is 2. The van der Waals surface area contributed by atoms with Crippen molar-refractivity contribution in [2.45, 2.75) is 51.9 Å². The van der Waals surface area contributed by atoms with Gasteiger partial charge in [0.05, 0.1) is 27.0 Å². The maximum absolute atomic E-state index is 13.3. The van der Waals surface area contributed by atoms with Crippen molar-refractivity contribution in [1.29, 1.82) is 0 Å². The van der Waals surface area contributed by atoms with E-state index in [4.69, 9.17) is 28.3 Å². The van der Waals surface area contributed by atoms with Crippen LogP contribution in [0.25, 0.3) is 12.2 Å². The van der Waals surface area contributed by atoms with Gasteiger partial charge in [-0.1, -0.05) is 39.1 Å². The third kappa shape index (κ3) is 10.4. The summed E-state index contributed by atoms with van der Waals surface area (Å²) in [4.78, 5) is 36.0. The summed E-state index contributed by atoms with van der Waals surface area (Å²) in [6.45, 7) is 17.4. The Morgan fingerprint density at radius 3 is 2.13 bits per heavy atom. The molecular formula is C46H57N9O6. The lowest BCUT2D eigenvalue weighted by atomic mass is 9.86. The van der Waals surface area contributed by atoms with Crippen LogP contribution in [-0.2, 0) is 11.8 Å². The highest BCUT2D eigenvalue weighted by molar-refractivity contribution is 6.03. The van der Waals surface area contributed by atoms with E-state index in [0.29, 0.717) is 36.4 Å². The SMILES string of the molecule is C=Cc1nc(NCCCN(C)CCCNc2nc(OC)c(NC(=O)c3ccc(Oc4cc5c(cc4C)CCC5(C)C)o3)c(OC)n2)nc(N(C)c2ccc(OC)cc2)c1C=C. The average Bonchev–Trinajstić information content (AvgIpc) is 3.86. The van der Waals surface area contributed by atoms with Crippen molar-refractivity contribution in [3.05, 3.63) is 95.4 Å². The highest BCUT2D eigenvalue weighted by Crippen LogP contribution is 2.42. The maximum atomic E-state index is 13.3. The number of anilines is 5. The number of carbonyl (C=O) groups is 1. The molecule has 0 spiro atoms. The number of nitrogens with zero attached hydrogens (tertiary/aromatic N) is 6. The van der Waals surface area contributed by atoms with Crippen molar-refractivity contribution < 1.29 is 28.2 Å². The topological polar surface area (TPSA) is 161 Å². The van der Waals surface area contributed by atoms with Crippen LogP contribution in [0.4, 0.5) is 29.1 Å². The number of nitrogens with one attached hydrogen (secondary N) is 3. The van der Waals surface area contributed by atoms with Gasteiger partial charge < -0.3 is 49.1 Å². The molecule has 2 aromatic carbocycles. The van der Waals surface area contributed by atoms with Crippen LogP contribution in [0.15, 0.2) is 66.1 Å². The van der Waals surface area contributed by atoms with Gasteiger partial charge in [0, 0.05) is 37.5 Å². The molecule has 0 aliphatic heterocycles. The van der Waals surface area contributed by atoms with Gasteiger partial charge in [0.25, 0.3) is 11.9 Å². The molecule has 15 heteroatoms. The Labute approximate surface area is 358 Å². The Kier molecular flexibility index (Phi) is 14.1. The van der Waals surface area contributed by atoms with Crippen LogP contribution in [0, 0.1) is 6.92 Å². The zero-order valence-corrected chi connectivity index (χ0v) is 36.5. The summed E-state index contributed by atoms with van der Waals surface area (Å²) in [7, 11) is 8.61. The third-order valence-corrected chi connectivity index (χ3v) is 10.8. The van der Waals surface area contributed by atoms with E-state index in [1.807, 2.05) is 43.1 Å². The van der Waals surface area contributed by atoms with Crippen LogP contribution in [0.3, 0.4) is 0 Å². The van der Waals surface area contributed by atoms with Crippen molar-refractivity contribution in [1.82, 2.24) is 24.8 Å². The largest absolute Gasteiger partial charge is 0.497 e. The fourth-order valence-corrected chi connectivity index (χ4v) is 7.26. The Morgan fingerprint density at radius 1 is 0.869 bits per heavy atom. The second kappa shape index (κ2) is 19.6. The lowest BCUT2D eigenvalue weighted by molar-refractivity contribution is 0.0990. The molecule has 0 saturated heterocycles. The molecule has 3 N–H and O–H groups in total. The second-order valence-electron chi connectivity index (χ2n) is 15.5. The summed E-state index contributed by atoms with van der Waals surface area (Å²) in [5.41, 5.74) is 6.32.